The van der Waals surface area contributed by atoms with Gasteiger partial charge in [-0.05, 0) is 19.1 Å². The Morgan fingerprint density at radius 2 is 2.04 bits per heavy atom. The minimum atomic E-state index is -0.410. The number of nitrogens with zero attached hydrogens (tertiary/aromatic N) is 1. The molecule has 2 aromatic heterocycles. The van der Waals surface area contributed by atoms with Crippen molar-refractivity contribution < 1.29 is 23.5 Å². The van der Waals surface area contributed by atoms with Crippen LogP contribution in [0.3, 0.4) is 0 Å². The largest absolute Gasteiger partial charge is 0.472 e. The van der Waals surface area contributed by atoms with Crippen molar-refractivity contribution in [2.45, 2.75) is 6.92 Å². The highest BCUT2D eigenvalue weighted by Gasteiger charge is 2.21. The number of amides is 1. The van der Waals surface area contributed by atoms with Gasteiger partial charge in [-0.25, -0.2) is 4.98 Å². The molecule has 0 fully saturated rings. The molecular formula is C17H12N2O5S. The minimum Gasteiger partial charge on any atom is -0.472 e. The van der Waals surface area contributed by atoms with Crippen molar-refractivity contribution in [1.29, 1.82) is 0 Å². The molecule has 1 aliphatic heterocycles. The number of ether oxygens (including phenoxy) is 2. The molecule has 1 amide bonds. The van der Waals surface area contributed by atoms with Gasteiger partial charge in [-0.2, -0.15) is 0 Å². The predicted molar refractivity (Wildman–Crippen MR) is 90.3 cm³/mol. The molecule has 1 aromatic carbocycles. The summed E-state index contributed by atoms with van der Waals surface area (Å²) in [6, 6.07) is 4.92. The molecule has 126 valence electrons. The van der Waals surface area contributed by atoms with Gasteiger partial charge in [0.1, 0.15) is 17.0 Å². The number of aromatic nitrogens is 1. The molecule has 7 nitrogen and oxygen atoms in total. The van der Waals surface area contributed by atoms with E-state index in [0.29, 0.717) is 27.8 Å². The van der Waals surface area contributed by atoms with Gasteiger partial charge in [0.2, 0.25) is 6.79 Å². The number of benzene rings is 1. The van der Waals surface area contributed by atoms with Crippen molar-refractivity contribution in [3.8, 4) is 22.1 Å². The van der Waals surface area contributed by atoms with Crippen molar-refractivity contribution in [3.05, 3.63) is 47.4 Å². The summed E-state index contributed by atoms with van der Waals surface area (Å²) < 4.78 is 15.6. The predicted octanol–water partition coefficient (Wildman–Crippen LogP) is 3.59. The van der Waals surface area contributed by atoms with Crippen LogP contribution < -0.4 is 14.8 Å². The Balaban J connectivity index is 1.62. The number of carbonyl (C=O) groups is 2. The van der Waals surface area contributed by atoms with E-state index >= 15 is 0 Å². The first-order valence-electron chi connectivity index (χ1n) is 7.36. The summed E-state index contributed by atoms with van der Waals surface area (Å²) in [5.74, 6) is 0.370. The van der Waals surface area contributed by atoms with Gasteiger partial charge in [-0.1, -0.05) is 0 Å². The number of nitrogens with one attached hydrogen (secondary N) is 1. The smallest absolute Gasteiger partial charge is 0.275 e. The topological polar surface area (TPSA) is 90.7 Å². The molecule has 0 saturated heterocycles. The fourth-order valence-corrected chi connectivity index (χ4v) is 3.21. The number of furan rings is 1. The van der Waals surface area contributed by atoms with Gasteiger partial charge in [0.15, 0.2) is 17.3 Å². The molecule has 1 N–H and O–H groups in total. The quantitative estimate of drug-likeness (QED) is 0.719. The second kappa shape index (κ2) is 6.06. The standard InChI is InChI=1S/C17H12N2O5S/c1-9(20)11-4-14-15(24-8-23-14)5-12(11)18-16(21)13-7-25-17(19-13)10-2-3-22-6-10/h2-7H,8H2,1H3,(H,18,21). The van der Waals surface area contributed by atoms with Crippen molar-refractivity contribution in [2.24, 2.45) is 0 Å². The van der Waals surface area contributed by atoms with Crippen LogP contribution in [0.25, 0.3) is 10.6 Å². The lowest BCUT2D eigenvalue weighted by Gasteiger charge is -2.09. The van der Waals surface area contributed by atoms with Crippen LogP contribution in [-0.2, 0) is 0 Å². The summed E-state index contributed by atoms with van der Waals surface area (Å²) in [5, 5.41) is 5.05. The second-order valence-electron chi connectivity index (χ2n) is 5.31. The third kappa shape index (κ3) is 2.87. The number of rotatable bonds is 4. The van der Waals surface area contributed by atoms with Gasteiger partial charge >= 0.3 is 0 Å². The number of fused-ring (bicyclic) bond motifs is 1. The number of hydrogen-bond donors (Lipinski definition) is 1. The lowest BCUT2D eigenvalue weighted by Crippen LogP contribution is -2.14. The van der Waals surface area contributed by atoms with E-state index in [1.54, 1.807) is 36.1 Å². The van der Waals surface area contributed by atoms with Crippen molar-refractivity contribution in [3.63, 3.8) is 0 Å². The van der Waals surface area contributed by atoms with Crippen LogP contribution in [0.4, 0.5) is 5.69 Å². The number of carbonyl (C=O) groups excluding carboxylic acids is 2. The molecule has 0 aliphatic carbocycles. The molecule has 3 heterocycles. The van der Waals surface area contributed by atoms with Crippen molar-refractivity contribution in [1.82, 2.24) is 4.98 Å². The molecule has 25 heavy (non-hydrogen) atoms. The number of Topliss-reactive ketones (excluding diaryl/α,β-unsaturated/α-hetero) is 1. The van der Waals surface area contributed by atoms with E-state index in [1.807, 2.05) is 0 Å². The van der Waals surface area contributed by atoms with Crippen LogP contribution in [0.5, 0.6) is 11.5 Å². The first kappa shape index (κ1) is 15.4. The van der Waals surface area contributed by atoms with Crippen LogP contribution in [0.2, 0.25) is 0 Å². The number of anilines is 1. The van der Waals surface area contributed by atoms with Crippen LogP contribution in [0.1, 0.15) is 27.8 Å². The van der Waals surface area contributed by atoms with Crippen LogP contribution in [0, 0.1) is 0 Å². The maximum atomic E-state index is 12.5. The van der Waals surface area contributed by atoms with Crippen molar-refractivity contribution in [2.75, 3.05) is 12.1 Å². The third-order valence-electron chi connectivity index (χ3n) is 3.65. The van der Waals surface area contributed by atoms with Gasteiger partial charge in [0.05, 0.1) is 12.0 Å². The summed E-state index contributed by atoms with van der Waals surface area (Å²) in [4.78, 5) is 28.7. The molecule has 1 aliphatic rings. The fraction of sp³-hybridized carbons (Fsp3) is 0.118. The monoisotopic (exact) mass is 356 g/mol. The summed E-state index contributed by atoms with van der Waals surface area (Å²) in [6.07, 6.45) is 3.11. The average molecular weight is 356 g/mol. The van der Waals surface area contributed by atoms with Crippen LogP contribution in [0.15, 0.2) is 40.5 Å². The SMILES string of the molecule is CC(=O)c1cc2c(cc1NC(=O)c1csc(-c3ccoc3)n1)OCO2. The van der Waals surface area contributed by atoms with E-state index in [2.05, 4.69) is 10.3 Å². The van der Waals surface area contributed by atoms with E-state index in [4.69, 9.17) is 13.9 Å². The average Bonchev–Trinajstić information content (AvgIpc) is 3.33. The third-order valence-corrected chi connectivity index (χ3v) is 4.54. The lowest BCUT2D eigenvalue weighted by atomic mass is 10.1. The van der Waals surface area contributed by atoms with E-state index < -0.39 is 5.91 Å². The molecule has 8 heteroatoms. The Hall–Kier alpha value is -3.13. The summed E-state index contributed by atoms with van der Waals surface area (Å²) in [6.45, 7) is 1.51. The molecular weight excluding hydrogens is 344 g/mol. The summed E-state index contributed by atoms with van der Waals surface area (Å²) in [7, 11) is 0. The second-order valence-corrected chi connectivity index (χ2v) is 6.17. The van der Waals surface area contributed by atoms with E-state index in [1.165, 1.54) is 18.3 Å². The highest BCUT2D eigenvalue weighted by atomic mass is 32.1. The van der Waals surface area contributed by atoms with Gasteiger partial charge in [0, 0.05) is 22.6 Å². The summed E-state index contributed by atoms with van der Waals surface area (Å²) >= 11 is 1.33. The van der Waals surface area contributed by atoms with Crippen molar-refractivity contribution >= 4 is 28.7 Å². The normalized spacial score (nSPS) is 12.2. The minimum absolute atomic E-state index is 0.0875. The molecule has 0 radical (unpaired) electrons. The lowest BCUT2D eigenvalue weighted by molar-refractivity contribution is 0.101. The first-order valence-corrected chi connectivity index (χ1v) is 8.24. The van der Waals surface area contributed by atoms with E-state index in [-0.39, 0.29) is 18.3 Å². The van der Waals surface area contributed by atoms with Crippen LogP contribution >= 0.6 is 11.3 Å². The number of thiazole rings is 1. The zero-order chi connectivity index (χ0) is 17.4. The Morgan fingerprint density at radius 3 is 2.76 bits per heavy atom. The fourth-order valence-electron chi connectivity index (χ4n) is 2.42. The van der Waals surface area contributed by atoms with Gasteiger partial charge < -0.3 is 19.2 Å². The van der Waals surface area contributed by atoms with Gasteiger partial charge in [-0.3, -0.25) is 9.59 Å². The molecule has 0 bridgehead atoms. The molecule has 0 saturated carbocycles. The number of ketones is 1. The van der Waals surface area contributed by atoms with E-state index in [0.717, 1.165) is 5.56 Å². The van der Waals surface area contributed by atoms with Gasteiger partial charge in [0.25, 0.3) is 5.91 Å². The highest BCUT2D eigenvalue weighted by Crippen LogP contribution is 2.37. The van der Waals surface area contributed by atoms with E-state index in [9.17, 15) is 9.59 Å². The molecule has 3 aromatic rings. The Labute approximate surface area is 146 Å². The maximum Gasteiger partial charge on any atom is 0.275 e. The zero-order valence-electron chi connectivity index (χ0n) is 13.1. The Bertz CT molecular complexity index is 962. The Kier molecular flexibility index (Phi) is 3.73. The number of hydrogen-bond acceptors (Lipinski definition) is 7. The molecule has 0 spiro atoms. The maximum absolute atomic E-state index is 12.5. The zero-order valence-corrected chi connectivity index (χ0v) is 13.9. The molecule has 4 rings (SSSR count). The van der Waals surface area contributed by atoms with Crippen LogP contribution in [-0.4, -0.2) is 23.5 Å². The van der Waals surface area contributed by atoms with Gasteiger partial charge in [-0.15, -0.1) is 11.3 Å². The Morgan fingerprint density at radius 1 is 1.24 bits per heavy atom. The first-order chi connectivity index (χ1) is 12.1. The molecule has 0 atom stereocenters. The molecule has 0 unspecified atom stereocenters. The highest BCUT2D eigenvalue weighted by molar-refractivity contribution is 7.13. The summed E-state index contributed by atoms with van der Waals surface area (Å²) in [5.41, 5.74) is 1.77.